The Balaban J connectivity index is 2.27. The van der Waals surface area contributed by atoms with Crippen LogP contribution in [-0.4, -0.2) is 14.5 Å². The highest BCUT2D eigenvalue weighted by atomic mass is 15.0. The van der Waals surface area contributed by atoms with E-state index in [2.05, 4.69) is 57.9 Å². The maximum absolute atomic E-state index is 4.64. The van der Waals surface area contributed by atoms with Gasteiger partial charge in [0.05, 0.1) is 28.6 Å². The molecule has 4 rings (SSSR count). The summed E-state index contributed by atoms with van der Waals surface area (Å²) in [6, 6.07) is 14.7. The number of aryl methyl sites for hydroxylation is 2. The third-order valence-electron chi connectivity index (χ3n) is 3.86. The molecule has 21 heavy (non-hydrogen) atoms. The quantitative estimate of drug-likeness (QED) is 0.520. The van der Waals surface area contributed by atoms with Crippen LogP contribution >= 0.6 is 0 Å². The summed E-state index contributed by atoms with van der Waals surface area (Å²) in [7, 11) is 0. The first-order chi connectivity index (χ1) is 10.3. The second-order valence-electron chi connectivity index (χ2n) is 5.31. The lowest BCUT2D eigenvalue weighted by atomic mass is 10.1. The van der Waals surface area contributed by atoms with Gasteiger partial charge in [-0.05, 0) is 38.1 Å². The van der Waals surface area contributed by atoms with Gasteiger partial charge in [0.1, 0.15) is 0 Å². The molecule has 3 heterocycles. The molecule has 0 bridgehead atoms. The summed E-state index contributed by atoms with van der Waals surface area (Å²) >= 11 is 0. The zero-order valence-corrected chi connectivity index (χ0v) is 12.0. The van der Waals surface area contributed by atoms with Crippen molar-refractivity contribution in [2.45, 2.75) is 13.8 Å². The molecule has 0 fully saturated rings. The monoisotopic (exact) mass is 273 g/mol. The Labute approximate surface area is 122 Å². The highest BCUT2D eigenvalue weighted by Gasteiger charge is 2.14. The SMILES string of the molecule is Cc1cc2c3ccccc3n(-c3cccnc3)c2c(C)n1. The summed E-state index contributed by atoms with van der Waals surface area (Å²) in [4.78, 5) is 8.90. The lowest BCUT2D eigenvalue weighted by molar-refractivity contribution is 1.09. The molecular weight excluding hydrogens is 258 g/mol. The van der Waals surface area contributed by atoms with Gasteiger partial charge in [-0.2, -0.15) is 0 Å². The van der Waals surface area contributed by atoms with Gasteiger partial charge < -0.3 is 4.57 Å². The smallest absolute Gasteiger partial charge is 0.0754 e. The van der Waals surface area contributed by atoms with E-state index in [1.54, 1.807) is 6.20 Å². The van der Waals surface area contributed by atoms with Gasteiger partial charge in [-0.3, -0.25) is 9.97 Å². The maximum Gasteiger partial charge on any atom is 0.0754 e. The molecule has 4 aromatic rings. The van der Waals surface area contributed by atoms with E-state index in [1.165, 1.54) is 16.3 Å². The molecule has 0 amide bonds. The maximum atomic E-state index is 4.64. The van der Waals surface area contributed by atoms with Crippen LogP contribution in [-0.2, 0) is 0 Å². The molecule has 3 heteroatoms. The summed E-state index contributed by atoms with van der Waals surface area (Å²) in [5.74, 6) is 0. The van der Waals surface area contributed by atoms with Crippen LogP contribution in [0.25, 0.3) is 27.5 Å². The number of nitrogens with zero attached hydrogens (tertiary/aromatic N) is 3. The van der Waals surface area contributed by atoms with Crippen molar-refractivity contribution < 1.29 is 0 Å². The molecule has 0 aliphatic heterocycles. The van der Waals surface area contributed by atoms with Crippen molar-refractivity contribution in [3.63, 3.8) is 0 Å². The van der Waals surface area contributed by atoms with Gasteiger partial charge in [0.2, 0.25) is 0 Å². The number of aromatic nitrogens is 3. The normalized spacial score (nSPS) is 11.3. The fraction of sp³-hybridized carbons (Fsp3) is 0.111. The number of benzene rings is 1. The molecule has 0 atom stereocenters. The van der Waals surface area contributed by atoms with Crippen molar-refractivity contribution in [2.75, 3.05) is 0 Å². The van der Waals surface area contributed by atoms with Crippen LogP contribution in [0.15, 0.2) is 54.9 Å². The van der Waals surface area contributed by atoms with Crippen molar-refractivity contribution in [3.05, 3.63) is 66.2 Å². The number of pyridine rings is 2. The molecule has 0 aliphatic carbocycles. The molecule has 0 aliphatic rings. The van der Waals surface area contributed by atoms with Crippen molar-refractivity contribution >= 4 is 21.8 Å². The number of fused-ring (bicyclic) bond motifs is 3. The molecule has 3 aromatic heterocycles. The molecule has 0 saturated heterocycles. The van der Waals surface area contributed by atoms with Gasteiger partial charge in [0.15, 0.2) is 0 Å². The predicted molar refractivity (Wildman–Crippen MR) is 85.8 cm³/mol. The number of hydrogen-bond acceptors (Lipinski definition) is 2. The van der Waals surface area contributed by atoms with Gasteiger partial charge in [-0.1, -0.05) is 18.2 Å². The summed E-state index contributed by atoms with van der Waals surface area (Å²) in [6.45, 7) is 4.11. The lowest BCUT2D eigenvalue weighted by Crippen LogP contribution is -1.97. The van der Waals surface area contributed by atoms with E-state index in [0.29, 0.717) is 0 Å². The Hall–Kier alpha value is -2.68. The van der Waals surface area contributed by atoms with Crippen LogP contribution in [0.2, 0.25) is 0 Å². The van der Waals surface area contributed by atoms with E-state index in [9.17, 15) is 0 Å². The summed E-state index contributed by atoms with van der Waals surface area (Å²) in [6.07, 6.45) is 3.69. The molecule has 102 valence electrons. The Morgan fingerprint density at radius 3 is 2.62 bits per heavy atom. The fourth-order valence-electron chi connectivity index (χ4n) is 3.08. The predicted octanol–water partition coefficient (Wildman–Crippen LogP) is 4.19. The molecule has 0 unspecified atom stereocenters. The first-order valence-electron chi connectivity index (χ1n) is 7.03. The molecule has 1 aromatic carbocycles. The topological polar surface area (TPSA) is 30.7 Å². The zero-order chi connectivity index (χ0) is 14.4. The minimum Gasteiger partial charge on any atom is -0.306 e. The van der Waals surface area contributed by atoms with E-state index in [0.717, 1.165) is 22.6 Å². The second kappa shape index (κ2) is 4.42. The molecule has 0 N–H and O–H groups in total. The molecule has 3 nitrogen and oxygen atoms in total. The third-order valence-corrected chi connectivity index (χ3v) is 3.86. The van der Waals surface area contributed by atoms with E-state index in [1.807, 2.05) is 19.2 Å². The molecular formula is C18H15N3. The van der Waals surface area contributed by atoms with Gasteiger partial charge in [-0.15, -0.1) is 0 Å². The van der Waals surface area contributed by atoms with Gasteiger partial charge in [0, 0.05) is 22.7 Å². The molecule has 0 radical (unpaired) electrons. The minimum atomic E-state index is 1.05. The van der Waals surface area contributed by atoms with Crippen LogP contribution < -0.4 is 0 Å². The highest BCUT2D eigenvalue weighted by molar-refractivity contribution is 6.10. The Bertz CT molecular complexity index is 952. The average Bonchev–Trinajstić information content (AvgIpc) is 2.83. The first kappa shape index (κ1) is 12.1. The van der Waals surface area contributed by atoms with Crippen molar-refractivity contribution in [2.24, 2.45) is 0 Å². The van der Waals surface area contributed by atoms with Crippen molar-refractivity contribution in [1.82, 2.24) is 14.5 Å². The Kier molecular flexibility index (Phi) is 2.54. The standard InChI is InChI=1S/C18H15N3/c1-12-10-16-15-7-3-4-8-17(15)21(18(16)13(2)20-12)14-6-5-9-19-11-14/h3-11H,1-2H3. The van der Waals surface area contributed by atoms with E-state index >= 15 is 0 Å². The van der Waals surface area contributed by atoms with Crippen LogP contribution in [0.1, 0.15) is 11.4 Å². The van der Waals surface area contributed by atoms with Crippen LogP contribution in [0.5, 0.6) is 0 Å². The fourth-order valence-corrected chi connectivity index (χ4v) is 3.08. The summed E-state index contributed by atoms with van der Waals surface area (Å²) < 4.78 is 2.25. The van der Waals surface area contributed by atoms with Crippen LogP contribution in [0, 0.1) is 13.8 Å². The number of hydrogen-bond donors (Lipinski definition) is 0. The Morgan fingerprint density at radius 2 is 1.81 bits per heavy atom. The molecule has 0 spiro atoms. The summed E-state index contributed by atoms with van der Waals surface area (Å²) in [5.41, 5.74) is 5.52. The minimum absolute atomic E-state index is 1.05. The average molecular weight is 273 g/mol. The zero-order valence-electron chi connectivity index (χ0n) is 12.0. The largest absolute Gasteiger partial charge is 0.306 e. The van der Waals surface area contributed by atoms with Gasteiger partial charge in [0.25, 0.3) is 0 Å². The van der Waals surface area contributed by atoms with Crippen molar-refractivity contribution in [1.29, 1.82) is 0 Å². The summed E-state index contributed by atoms with van der Waals surface area (Å²) in [5, 5.41) is 2.50. The van der Waals surface area contributed by atoms with Crippen molar-refractivity contribution in [3.8, 4) is 5.69 Å². The lowest BCUT2D eigenvalue weighted by Gasteiger charge is -2.08. The molecule has 0 saturated carbocycles. The van der Waals surface area contributed by atoms with Crippen LogP contribution in [0.3, 0.4) is 0 Å². The van der Waals surface area contributed by atoms with Gasteiger partial charge >= 0.3 is 0 Å². The van der Waals surface area contributed by atoms with Crippen LogP contribution in [0.4, 0.5) is 0 Å². The third kappa shape index (κ3) is 1.74. The first-order valence-corrected chi connectivity index (χ1v) is 7.03. The van der Waals surface area contributed by atoms with E-state index in [-0.39, 0.29) is 0 Å². The van der Waals surface area contributed by atoms with E-state index in [4.69, 9.17) is 0 Å². The highest BCUT2D eigenvalue weighted by Crippen LogP contribution is 2.33. The Morgan fingerprint density at radius 1 is 0.952 bits per heavy atom. The second-order valence-corrected chi connectivity index (χ2v) is 5.31. The van der Waals surface area contributed by atoms with Gasteiger partial charge in [-0.25, -0.2) is 0 Å². The number of para-hydroxylation sites is 1. The number of rotatable bonds is 1. The van der Waals surface area contributed by atoms with E-state index < -0.39 is 0 Å².